The van der Waals surface area contributed by atoms with Gasteiger partial charge in [-0.2, -0.15) is 11.0 Å². The molecule has 0 aromatic heterocycles. The smallest absolute Gasteiger partial charge is 0.0864 e. The van der Waals surface area contributed by atoms with Gasteiger partial charge in [-0.25, -0.2) is 0 Å². The summed E-state index contributed by atoms with van der Waals surface area (Å²) in [7, 11) is 0. The predicted molar refractivity (Wildman–Crippen MR) is 44.0 cm³/mol. The van der Waals surface area contributed by atoms with Crippen molar-refractivity contribution < 1.29 is 9.68 Å². The minimum Gasteiger partial charge on any atom is -0.297 e. The Hall–Kier alpha value is -0.680. The summed E-state index contributed by atoms with van der Waals surface area (Å²) in [4.78, 5) is 10.1. The maximum absolute atomic E-state index is 5.07. The molecule has 0 bridgehead atoms. The molecule has 0 aliphatic carbocycles. The van der Waals surface area contributed by atoms with Crippen LogP contribution >= 0.6 is 0 Å². The lowest BCUT2D eigenvalue weighted by Crippen LogP contribution is -2.48. The lowest BCUT2D eigenvalue weighted by molar-refractivity contribution is -0.0114. The Morgan fingerprint density at radius 1 is 0.917 bits per heavy atom. The Balaban J connectivity index is 1.97. The molecule has 2 N–H and O–H groups in total. The highest BCUT2D eigenvalue weighted by Crippen LogP contribution is 2.05. The van der Waals surface area contributed by atoms with Crippen molar-refractivity contribution in [2.45, 2.75) is 12.1 Å². The second kappa shape index (κ2) is 3.82. The predicted octanol–water partition coefficient (Wildman–Crippen LogP) is -0.0944. The number of hydroxylamine groups is 2. The second-order valence-corrected chi connectivity index (χ2v) is 2.77. The summed E-state index contributed by atoms with van der Waals surface area (Å²) in [5.74, 6) is 0. The molecular formula is C8H12N2O2. The highest BCUT2D eigenvalue weighted by molar-refractivity contribution is 5.08. The summed E-state index contributed by atoms with van der Waals surface area (Å²) >= 11 is 0. The Kier molecular flexibility index (Phi) is 2.53. The monoisotopic (exact) mass is 168 g/mol. The Morgan fingerprint density at radius 3 is 1.75 bits per heavy atom. The van der Waals surface area contributed by atoms with Crippen LogP contribution in [0.5, 0.6) is 0 Å². The van der Waals surface area contributed by atoms with E-state index in [4.69, 9.17) is 9.68 Å². The van der Waals surface area contributed by atoms with E-state index in [9.17, 15) is 0 Å². The molecule has 2 unspecified atom stereocenters. The molecule has 66 valence electrons. The van der Waals surface area contributed by atoms with E-state index in [0.717, 1.165) is 0 Å². The minimum absolute atomic E-state index is 0.162. The van der Waals surface area contributed by atoms with E-state index in [0.29, 0.717) is 13.2 Å². The molecule has 0 saturated heterocycles. The van der Waals surface area contributed by atoms with Crippen LogP contribution in [-0.4, -0.2) is 25.3 Å². The van der Waals surface area contributed by atoms with Crippen LogP contribution in [0.25, 0.3) is 0 Å². The molecule has 0 amide bonds. The van der Waals surface area contributed by atoms with E-state index >= 15 is 0 Å². The molecule has 2 heterocycles. The summed E-state index contributed by atoms with van der Waals surface area (Å²) in [5, 5.41) is 0. The number of nitrogens with one attached hydrogen (secondary N) is 2. The van der Waals surface area contributed by atoms with Crippen molar-refractivity contribution in [1.82, 2.24) is 11.0 Å². The number of hydrogen-bond acceptors (Lipinski definition) is 4. The zero-order chi connectivity index (χ0) is 8.23. The molecule has 2 aliphatic heterocycles. The van der Waals surface area contributed by atoms with Crippen molar-refractivity contribution in [3.63, 3.8) is 0 Å². The van der Waals surface area contributed by atoms with Gasteiger partial charge >= 0.3 is 0 Å². The van der Waals surface area contributed by atoms with E-state index in [1.807, 2.05) is 12.2 Å². The average Bonchev–Trinajstić information content (AvgIpc) is 2.21. The largest absolute Gasteiger partial charge is 0.297 e. The van der Waals surface area contributed by atoms with Gasteiger partial charge in [0, 0.05) is 0 Å². The van der Waals surface area contributed by atoms with Crippen LogP contribution in [0.15, 0.2) is 24.3 Å². The molecule has 2 atom stereocenters. The molecule has 0 radical (unpaired) electrons. The fourth-order valence-electron chi connectivity index (χ4n) is 1.25. The van der Waals surface area contributed by atoms with Gasteiger partial charge in [0.15, 0.2) is 0 Å². The summed E-state index contributed by atoms with van der Waals surface area (Å²) in [6.07, 6.45) is 8.12. The molecular weight excluding hydrogens is 156 g/mol. The van der Waals surface area contributed by atoms with Crippen LogP contribution < -0.4 is 11.0 Å². The highest BCUT2D eigenvalue weighted by Gasteiger charge is 2.19. The quantitative estimate of drug-likeness (QED) is 0.537. The zero-order valence-corrected chi connectivity index (χ0v) is 6.69. The molecule has 2 rings (SSSR count). The van der Waals surface area contributed by atoms with E-state index in [1.165, 1.54) is 0 Å². The SMILES string of the molecule is C1=CC(C2C=CCON2)NOC1. The van der Waals surface area contributed by atoms with Gasteiger partial charge in [-0.05, 0) is 0 Å². The Bertz CT molecular complexity index is 181. The van der Waals surface area contributed by atoms with E-state index < -0.39 is 0 Å². The van der Waals surface area contributed by atoms with Gasteiger partial charge < -0.3 is 0 Å². The van der Waals surface area contributed by atoms with Crippen molar-refractivity contribution in [1.29, 1.82) is 0 Å². The highest BCUT2D eigenvalue weighted by atomic mass is 16.7. The molecule has 0 saturated carbocycles. The van der Waals surface area contributed by atoms with E-state index in [-0.39, 0.29) is 12.1 Å². The van der Waals surface area contributed by atoms with Gasteiger partial charge in [0.25, 0.3) is 0 Å². The molecule has 4 heteroatoms. The third kappa shape index (κ3) is 1.73. The van der Waals surface area contributed by atoms with E-state index in [1.54, 1.807) is 0 Å². The Morgan fingerprint density at radius 2 is 1.42 bits per heavy atom. The third-order valence-corrected chi connectivity index (χ3v) is 1.87. The standard InChI is InChI=1S/C8H12N2O2/c1-3-7(9-11-5-1)8-4-2-6-12-10-8/h1-4,7-10H,5-6H2. The van der Waals surface area contributed by atoms with Crippen LogP contribution in [0, 0.1) is 0 Å². The summed E-state index contributed by atoms with van der Waals surface area (Å²) in [5.41, 5.74) is 5.82. The lowest BCUT2D eigenvalue weighted by Gasteiger charge is -2.27. The maximum atomic E-state index is 5.07. The van der Waals surface area contributed by atoms with Crippen LogP contribution in [0.2, 0.25) is 0 Å². The fourth-order valence-corrected chi connectivity index (χ4v) is 1.25. The van der Waals surface area contributed by atoms with Crippen molar-refractivity contribution in [2.24, 2.45) is 0 Å². The van der Waals surface area contributed by atoms with Crippen molar-refractivity contribution >= 4 is 0 Å². The zero-order valence-electron chi connectivity index (χ0n) is 6.69. The van der Waals surface area contributed by atoms with Gasteiger partial charge in [-0.15, -0.1) is 0 Å². The first kappa shape index (κ1) is 7.94. The van der Waals surface area contributed by atoms with Crippen molar-refractivity contribution in [3.05, 3.63) is 24.3 Å². The number of hydrogen-bond donors (Lipinski definition) is 2. The first-order valence-corrected chi connectivity index (χ1v) is 4.05. The molecule has 4 nitrogen and oxygen atoms in total. The molecule has 0 fully saturated rings. The van der Waals surface area contributed by atoms with Crippen molar-refractivity contribution in [2.75, 3.05) is 13.2 Å². The van der Waals surface area contributed by atoms with E-state index in [2.05, 4.69) is 23.1 Å². The third-order valence-electron chi connectivity index (χ3n) is 1.87. The topological polar surface area (TPSA) is 42.5 Å². The molecule has 2 aliphatic rings. The summed E-state index contributed by atoms with van der Waals surface area (Å²) < 4.78 is 0. The van der Waals surface area contributed by atoms with Crippen LogP contribution in [0.3, 0.4) is 0 Å². The fraction of sp³-hybridized carbons (Fsp3) is 0.500. The molecule has 0 aromatic carbocycles. The first-order valence-electron chi connectivity index (χ1n) is 4.05. The van der Waals surface area contributed by atoms with Crippen molar-refractivity contribution in [3.8, 4) is 0 Å². The van der Waals surface area contributed by atoms with Gasteiger partial charge in [0.1, 0.15) is 0 Å². The van der Waals surface area contributed by atoms with Gasteiger partial charge in [0.2, 0.25) is 0 Å². The number of rotatable bonds is 1. The molecule has 0 aromatic rings. The summed E-state index contributed by atoms with van der Waals surface area (Å²) in [6.45, 7) is 1.27. The average molecular weight is 168 g/mol. The van der Waals surface area contributed by atoms with Crippen LogP contribution in [-0.2, 0) is 9.68 Å². The lowest BCUT2D eigenvalue weighted by atomic mass is 10.1. The van der Waals surface area contributed by atoms with Gasteiger partial charge in [-0.3, -0.25) is 9.68 Å². The molecule has 0 spiro atoms. The normalized spacial score (nSPS) is 35.3. The minimum atomic E-state index is 0.162. The van der Waals surface area contributed by atoms with Gasteiger partial charge in [0.05, 0.1) is 25.3 Å². The van der Waals surface area contributed by atoms with Gasteiger partial charge in [-0.1, -0.05) is 24.3 Å². The Labute approximate surface area is 71.1 Å². The van der Waals surface area contributed by atoms with Crippen LogP contribution in [0.1, 0.15) is 0 Å². The second-order valence-electron chi connectivity index (χ2n) is 2.77. The molecule has 12 heavy (non-hydrogen) atoms. The first-order chi connectivity index (χ1) is 5.97. The van der Waals surface area contributed by atoms with Crippen LogP contribution in [0.4, 0.5) is 0 Å². The maximum Gasteiger partial charge on any atom is 0.0864 e. The summed E-state index contributed by atoms with van der Waals surface area (Å²) in [6, 6.07) is 0.325.